The van der Waals surface area contributed by atoms with Crippen LogP contribution in [0.25, 0.3) is 22.5 Å². The predicted molar refractivity (Wildman–Crippen MR) is 75.1 cm³/mol. The summed E-state index contributed by atoms with van der Waals surface area (Å²) >= 11 is 0. The summed E-state index contributed by atoms with van der Waals surface area (Å²) in [5, 5.41) is 0. The standard InChI is InChI=1S/C13H11N7/c14-12-10(9-7-17-4-5-18-9)11(19-13(15)20-12)8-2-1-3-16-6-8/h1-7H,(H4,14,15,19,20). The van der Waals surface area contributed by atoms with E-state index in [0.717, 1.165) is 5.56 Å². The molecule has 0 aliphatic carbocycles. The second-order valence-electron chi connectivity index (χ2n) is 4.02. The van der Waals surface area contributed by atoms with E-state index in [9.17, 15) is 0 Å². The molecule has 0 fully saturated rings. The molecule has 0 amide bonds. The van der Waals surface area contributed by atoms with Crippen LogP contribution in [0.2, 0.25) is 0 Å². The van der Waals surface area contributed by atoms with Crippen molar-refractivity contribution in [2.24, 2.45) is 0 Å². The van der Waals surface area contributed by atoms with Gasteiger partial charge in [0.05, 0.1) is 23.1 Å². The molecule has 7 heteroatoms. The molecule has 3 aromatic rings. The van der Waals surface area contributed by atoms with Crippen molar-refractivity contribution in [3.8, 4) is 22.5 Å². The lowest BCUT2D eigenvalue weighted by molar-refractivity contribution is 1.16. The number of nitrogens with two attached hydrogens (primary N) is 2. The molecule has 20 heavy (non-hydrogen) atoms. The molecule has 0 atom stereocenters. The molecule has 0 aromatic carbocycles. The molecular formula is C13H11N7. The van der Waals surface area contributed by atoms with Gasteiger partial charge in [-0.25, -0.2) is 4.98 Å². The third-order valence-corrected chi connectivity index (χ3v) is 2.71. The quantitative estimate of drug-likeness (QED) is 0.714. The number of hydrogen-bond donors (Lipinski definition) is 2. The minimum atomic E-state index is 0.106. The zero-order chi connectivity index (χ0) is 13.9. The Kier molecular flexibility index (Phi) is 2.92. The van der Waals surface area contributed by atoms with E-state index in [2.05, 4.69) is 24.9 Å². The van der Waals surface area contributed by atoms with Crippen LogP contribution in [-0.4, -0.2) is 24.9 Å². The number of hydrogen-bond acceptors (Lipinski definition) is 7. The Hall–Kier alpha value is -3.09. The first-order chi connectivity index (χ1) is 9.75. The number of nitrogen functional groups attached to an aromatic ring is 2. The van der Waals surface area contributed by atoms with Crippen LogP contribution in [0, 0.1) is 0 Å². The average molecular weight is 265 g/mol. The van der Waals surface area contributed by atoms with E-state index < -0.39 is 0 Å². The van der Waals surface area contributed by atoms with E-state index in [1.807, 2.05) is 12.1 Å². The normalized spacial score (nSPS) is 10.4. The highest BCUT2D eigenvalue weighted by Crippen LogP contribution is 2.32. The van der Waals surface area contributed by atoms with Gasteiger partial charge in [0, 0.05) is 30.4 Å². The van der Waals surface area contributed by atoms with Crippen molar-refractivity contribution < 1.29 is 0 Å². The molecule has 0 saturated heterocycles. The van der Waals surface area contributed by atoms with Crippen LogP contribution in [-0.2, 0) is 0 Å². The van der Waals surface area contributed by atoms with Crippen LogP contribution < -0.4 is 11.5 Å². The molecule has 7 nitrogen and oxygen atoms in total. The van der Waals surface area contributed by atoms with E-state index in [0.29, 0.717) is 17.0 Å². The lowest BCUT2D eigenvalue weighted by atomic mass is 10.1. The van der Waals surface area contributed by atoms with Crippen molar-refractivity contribution in [1.29, 1.82) is 0 Å². The van der Waals surface area contributed by atoms with E-state index in [1.54, 1.807) is 31.0 Å². The molecule has 0 radical (unpaired) electrons. The number of rotatable bonds is 2. The van der Waals surface area contributed by atoms with Gasteiger partial charge < -0.3 is 11.5 Å². The molecule has 3 rings (SSSR count). The highest BCUT2D eigenvalue weighted by Gasteiger charge is 2.16. The predicted octanol–water partition coefficient (Wildman–Crippen LogP) is 1.16. The van der Waals surface area contributed by atoms with Crippen LogP contribution >= 0.6 is 0 Å². The van der Waals surface area contributed by atoms with Crippen molar-refractivity contribution in [2.45, 2.75) is 0 Å². The fourth-order valence-electron chi connectivity index (χ4n) is 1.89. The van der Waals surface area contributed by atoms with Crippen molar-refractivity contribution in [1.82, 2.24) is 24.9 Å². The van der Waals surface area contributed by atoms with E-state index in [4.69, 9.17) is 11.5 Å². The molecule has 0 aliphatic rings. The SMILES string of the molecule is Nc1nc(N)c(-c2cnccn2)c(-c2cccnc2)n1. The van der Waals surface area contributed by atoms with Gasteiger partial charge in [-0.1, -0.05) is 0 Å². The monoisotopic (exact) mass is 265 g/mol. The van der Waals surface area contributed by atoms with Crippen molar-refractivity contribution in [3.63, 3.8) is 0 Å². The zero-order valence-corrected chi connectivity index (χ0v) is 10.4. The number of nitrogens with zero attached hydrogens (tertiary/aromatic N) is 5. The number of pyridine rings is 1. The fourth-order valence-corrected chi connectivity index (χ4v) is 1.89. The average Bonchev–Trinajstić information content (AvgIpc) is 2.48. The molecule has 0 unspecified atom stereocenters. The van der Waals surface area contributed by atoms with Crippen molar-refractivity contribution in [3.05, 3.63) is 43.1 Å². The third kappa shape index (κ3) is 2.12. The highest BCUT2D eigenvalue weighted by atomic mass is 15.0. The van der Waals surface area contributed by atoms with Crippen molar-refractivity contribution >= 4 is 11.8 Å². The summed E-state index contributed by atoms with van der Waals surface area (Å²) < 4.78 is 0. The maximum Gasteiger partial charge on any atom is 0.222 e. The van der Waals surface area contributed by atoms with Crippen LogP contribution in [0.3, 0.4) is 0 Å². The first-order valence-corrected chi connectivity index (χ1v) is 5.85. The van der Waals surface area contributed by atoms with E-state index in [1.165, 1.54) is 0 Å². The summed E-state index contributed by atoms with van der Waals surface area (Å²) in [7, 11) is 0. The van der Waals surface area contributed by atoms with Gasteiger partial charge >= 0.3 is 0 Å². The molecule has 0 spiro atoms. The molecule has 3 aromatic heterocycles. The summed E-state index contributed by atoms with van der Waals surface area (Å²) in [6, 6.07) is 3.68. The van der Waals surface area contributed by atoms with Crippen molar-refractivity contribution in [2.75, 3.05) is 11.5 Å². The highest BCUT2D eigenvalue weighted by molar-refractivity contribution is 5.85. The van der Waals surface area contributed by atoms with E-state index in [-0.39, 0.29) is 11.8 Å². The van der Waals surface area contributed by atoms with E-state index >= 15 is 0 Å². The first-order valence-electron chi connectivity index (χ1n) is 5.85. The smallest absolute Gasteiger partial charge is 0.222 e. The Balaban J connectivity index is 2.29. The maximum absolute atomic E-state index is 5.97. The van der Waals surface area contributed by atoms with Crippen LogP contribution in [0.1, 0.15) is 0 Å². The fraction of sp³-hybridized carbons (Fsp3) is 0. The Bertz CT molecular complexity index is 728. The molecule has 0 saturated carbocycles. The minimum absolute atomic E-state index is 0.106. The van der Waals surface area contributed by atoms with Crippen LogP contribution in [0.4, 0.5) is 11.8 Å². The zero-order valence-electron chi connectivity index (χ0n) is 10.4. The minimum Gasteiger partial charge on any atom is -0.383 e. The molecule has 0 bridgehead atoms. The molecule has 3 heterocycles. The summed E-state index contributed by atoms with van der Waals surface area (Å²) in [5.74, 6) is 0.367. The summed E-state index contributed by atoms with van der Waals surface area (Å²) in [6.07, 6.45) is 8.13. The first kappa shape index (κ1) is 12.0. The van der Waals surface area contributed by atoms with Gasteiger partial charge in [-0.2, -0.15) is 4.98 Å². The van der Waals surface area contributed by atoms with Gasteiger partial charge in [-0.15, -0.1) is 0 Å². The van der Waals surface area contributed by atoms with Gasteiger partial charge in [0.1, 0.15) is 5.82 Å². The summed E-state index contributed by atoms with van der Waals surface area (Å²) in [4.78, 5) is 20.6. The second kappa shape index (κ2) is 4.88. The van der Waals surface area contributed by atoms with Crippen LogP contribution in [0.15, 0.2) is 43.1 Å². The topological polar surface area (TPSA) is 116 Å². The Labute approximate surface area is 114 Å². The third-order valence-electron chi connectivity index (χ3n) is 2.71. The molecule has 98 valence electrons. The molecule has 4 N–H and O–H groups in total. The van der Waals surface area contributed by atoms with Gasteiger partial charge in [-0.3, -0.25) is 15.0 Å². The lowest BCUT2D eigenvalue weighted by Crippen LogP contribution is -2.05. The Morgan fingerprint density at radius 3 is 2.45 bits per heavy atom. The lowest BCUT2D eigenvalue weighted by Gasteiger charge is -2.10. The second-order valence-corrected chi connectivity index (χ2v) is 4.02. The largest absolute Gasteiger partial charge is 0.383 e. The maximum atomic E-state index is 5.97. The summed E-state index contributed by atoms with van der Waals surface area (Å²) in [6.45, 7) is 0. The van der Waals surface area contributed by atoms with Gasteiger partial charge in [0.15, 0.2) is 0 Å². The molecule has 0 aliphatic heterocycles. The summed E-state index contributed by atoms with van der Waals surface area (Å²) in [5.41, 5.74) is 14.2. The molecular weight excluding hydrogens is 254 g/mol. The van der Waals surface area contributed by atoms with Gasteiger partial charge in [0.2, 0.25) is 5.95 Å². The van der Waals surface area contributed by atoms with Gasteiger partial charge in [0.25, 0.3) is 0 Å². The Morgan fingerprint density at radius 2 is 1.75 bits per heavy atom. The Morgan fingerprint density at radius 1 is 0.900 bits per heavy atom. The van der Waals surface area contributed by atoms with Gasteiger partial charge in [-0.05, 0) is 12.1 Å². The van der Waals surface area contributed by atoms with Crippen LogP contribution in [0.5, 0.6) is 0 Å². The number of anilines is 2. The number of aromatic nitrogens is 5.